The number of hydrogen-bond donors (Lipinski definition) is 4. The van der Waals surface area contributed by atoms with Crippen LogP contribution in [0.4, 0.5) is 9.18 Å². The van der Waals surface area contributed by atoms with Crippen LogP contribution in [-0.2, 0) is 17.7 Å². The van der Waals surface area contributed by atoms with Crippen LogP contribution >= 0.6 is 0 Å². The molecule has 4 rings (SSSR count). The van der Waals surface area contributed by atoms with Gasteiger partial charge in [0.15, 0.2) is 17.4 Å². The molecule has 3 atom stereocenters. The van der Waals surface area contributed by atoms with Gasteiger partial charge in [0.1, 0.15) is 5.69 Å². The number of H-pyrrole nitrogens is 1. The van der Waals surface area contributed by atoms with Crippen molar-refractivity contribution in [2.75, 3.05) is 26.7 Å². The first-order chi connectivity index (χ1) is 15.0. The number of amides is 2. The maximum Gasteiger partial charge on any atom is 0.321 e. The van der Waals surface area contributed by atoms with E-state index in [0.29, 0.717) is 31.3 Å². The number of rotatable bonds is 2. The Labute approximate surface area is 188 Å². The summed E-state index contributed by atoms with van der Waals surface area (Å²) in [5.74, 6) is -0.232. The fraction of sp³-hybridized carbons (Fsp3) is 0.667. The van der Waals surface area contributed by atoms with Gasteiger partial charge in [-0.25, -0.2) is 9.18 Å². The van der Waals surface area contributed by atoms with E-state index in [1.807, 2.05) is 30.6 Å². The van der Waals surface area contributed by atoms with Crippen LogP contribution in [0.15, 0.2) is 17.0 Å². The Morgan fingerprint density at radius 3 is 2.75 bits per heavy atom. The number of piperazine rings is 1. The largest absolute Gasteiger partial charge is 0.330 e. The van der Waals surface area contributed by atoms with Crippen LogP contribution in [-0.4, -0.2) is 75.7 Å². The molecular formula is C21H34FN9O. The van der Waals surface area contributed by atoms with E-state index in [1.165, 1.54) is 6.20 Å². The number of aliphatic imine (C=N–C) groups is 1. The SMILES string of the molecule is CCN=C1NC=C(F)C(N)(c2n[nH]c3c2CN(C(=O)N2C[C@@H](C)N(C)C[C@@H]2C)C3(C)C)N1. The number of aromatic nitrogens is 2. The number of fused-ring (bicyclic) bond motifs is 1. The second kappa shape index (κ2) is 7.73. The highest BCUT2D eigenvalue weighted by Gasteiger charge is 2.50. The topological polar surface area (TPSA) is 118 Å². The Morgan fingerprint density at radius 2 is 2.06 bits per heavy atom. The normalized spacial score (nSPS) is 31.2. The number of carbonyl (C=O) groups excluding carboxylic acids is 1. The van der Waals surface area contributed by atoms with E-state index in [1.54, 1.807) is 0 Å². The molecule has 0 saturated carbocycles. The average Bonchev–Trinajstić information content (AvgIpc) is 3.26. The number of likely N-dealkylation sites (N-methyl/N-ethyl adjacent to an activating group) is 1. The Bertz CT molecular complexity index is 970. The summed E-state index contributed by atoms with van der Waals surface area (Å²) in [5.41, 5.74) is 6.00. The van der Waals surface area contributed by atoms with Gasteiger partial charge in [0, 0.05) is 43.5 Å². The van der Waals surface area contributed by atoms with Crippen molar-refractivity contribution >= 4 is 12.0 Å². The smallest absolute Gasteiger partial charge is 0.321 e. The molecule has 4 heterocycles. The number of nitrogens with two attached hydrogens (primary N) is 1. The molecular weight excluding hydrogens is 413 g/mol. The molecule has 1 unspecified atom stereocenters. The number of carbonyl (C=O) groups is 1. The van der Waals surface area contributed by atoms with Crippen LogP contribution in [0.1, 0.15) is 51.6 Å². The molecule has 1 saturated heterocycles. The molecule has 32 heavy (non-hydrogen) atoms. The molecule has 5 N–H and O–H groups in total. The minimum absolute atomic E-state index is 0.0356. The maximum atomic E-state index is 15.0. The number of hydrogen-bond acceptors (Lipinski definition) is 5. The molecule has 2 amide bonds. The average molecular weight is 448 g/mol. The molecule has 0 radical (unpaired) electrons. The fourth-order valence-electron chi connectivity index (χ4n) is 4.81. The Hall–Kier alpha value is -2.66. The first kappa shape index (κ1) is 22.5. The number of guanidine groups is 1. The van der Waals surface area contributed by atoms with E-state index in [9.17, 15) is 9.18 Å². The highest BCUT2D eigenvalue weighted by atomic mass is 19.1. The number of nitrogens with zero attached hydrogens (tertiary/aromatic N) is 5. The lowest BCUT2D eigenvalue weighted by Gasteiger charge is -2.45. The van der Waals surface area contributed by atoms with E-state index in [0.717, 1.165) is 17.8 Å². The lowest BCUT2D eigenvalue weighted by molar-refractivity contribution is 0.0456. The highest BCUT2D eigenvalue weighted by molar-refractivity contribution is 5.83. The molecule has 1 aromatic rings. The quantitative estimate of drug-likeness (QED) is 0.539. The van der Waals surface area contributed by atoms with Gasteiger partial charge in [-0.15, -0.1) is 0 Å². The number of nitrogens with one attached hydrogen (secondary N) is 3. The first-order valence-corrected chi connectivity index (χ1v) is 11.1. The van der Waals surface area contributed by atoms with Gasteiger partial charge in [-0.1, -0.05) is 0 Å². The third-order valence-electron chi connectivity index (χ3n) is 6.96. The zero-order valence-corrected chi connectivity index (χ0v) is 19.7. The molecule has 3 aliphatic heterocycles. The summed E-state index contributed by atoms with van der Waals surface area (Å²) in [6.45, 7) is 12.3. The van der Waals surface area contributed by atoms with Crippen LogP contribution < -0.4 is 16.4 Å². The molecule has 1 fully saturated rings. The van der Waals surface area contributed by atoms with Crippen molar-refractivity contribution in [3.05, 3.63) is 29.0 Å². The minimum Gasteiger partial charge on any atom is -0.330 e. The van der Waals surface area contributed by atoms with Gasteiger partial charge in [0.2, 0.25) is 0 Å². The molecule has 10 nitrogen and oxygen atoms in total. The van der Waals surface area contributed by atoms with Crippen LogP contribution in [0.3, 0.4) is 0 Å². The van der Waals surface area contributed by atoms with Gasteiger partial charge in [-0.3, -0.25) is 20.7 Å². The Kier molecular flexibility index (Phi) is 5.44. The standard InChI is InChI=1S/C21H34FN9O/c1-7-24-18-25-8-15(22)21(23,26-18)17-14-11-31(20(4,5)16(14)27-28-17)19(32)30-10-12(2)29(6)9-13(30)3/h8,12-13H,7,9-11,23H2,1-6H3,(H,27,28)(H2,24,25,26)/t12-,13+,21?/m1/s1. The number of urea groups is 1. The monoisotopic (exact) mass is 447 g/mol. The van der Waals surface area contributed by atoms with Crippen molar-refractivity contribution in [1.82, 2.24) is 35.5 Å². The molecule has 0 bridgehead atoms. The maximum absolute atomic E-state index is 15.0. The molecule has 0 spiro atoms. The lowest BCUT2D eigenvalue weighted by Crippen LogP contribution is -2.61. The van der Waals surface area contributed by atoms with Crippen molar-refractivity contribution < 1.29 is 9.18 Å². The highest BCUT2D eigenvalue weighted by Crippen LogP contribution is 2.43. The second-order valence-corrected chi connectivity index (χ2v) is 9.54. The zero-order chi connectivity index (χ0) is 23.4. The van der Waals surface area contributed by atoms with Gasteiger partial charge >= 0.3 is 6.03 Å². The van der Waals surface area contributed by atoms with E-state index >= 15 is 0 Å². The summed E-state index contributed by atoms with van der Waals surface area (Å²) in [7, 11) is 2.08. The van der Waals surface area contributed by atoms with E-state index in [-0.39, 0.29) is 18.1 Å². The van der Waals surface area contributed by atoms with Gasteiger partial charge in [0.25, 0.3) is 0 Å². The fourth-order valence-corrected chi connectivity index (χ4v) is 4.81. The van der Waals surface area contributed by atoms with Crippen LogP contribution in [0.2, 0.25) is 0 Å². The van der Waals surface area contributed by atoms with E-state index in [2.05, 4.69) is 51.6 Å². The van der Waals surface area contributed by atoms with Gasteiger partial charge in [-0.2, -0.15) is 5.10 Å². The van der Waals surface area contributed by atoms with Gasteiger partial charge in [-0.05, 0) is 41.7 Å². The summed E-state index contributed by atoms with van der Waals surface area (Å²) in [4.78, 5) is 23.9. The summed E-state index contributed by atoms with van der Waals surface area (Å²) in [5, 5.41) is 13.1. The summed E-state index contributed by atoms with van der Waals surface area (Å²) < 4.78 is 15.0. The predicted octanol–water partition coefficient (Wildman–Crippen LogP) is 1.10. The lowest BCUT2D eigenvalue weighted by atomic mass is 9.96. The predicted molar refractivity (Wildman–Crippen MR) is 120 cm³/mol. The van der Waals surface area contributed by atoms with Crippen molar-refractivity contribution in [2.24, 2.45) is 10.7 Å². The molecule has 3 aliphatic rings. The van der Waals surface area contributed by atoms with Gasteiger partial charge in [0.05, 0.1) is 17.8 Å². The third kappa shape index (κ3) is 3.34. The van der Waals surface area contributed by atoms with E-state index < -0.39 is 17.0 Å². The van der Waals surface area contributed by atoms with Crippen LogP contribution in [0.25, 0.3) is 0 Å². The number of aromatic amines is 1. The molecule has 176 valence electrons. The van der Waals surface area contributed by atoms with Crippen LogP contribution in [0, 0.1) is 0 Å². The third-order valence-corrected chi connectivity index (χ3v) is 6.96. The Balaban J connectivity index is 1.66. The van der Waals surface area contributed by atoms with Crippen molar-refractivity contribution in [3.8, 4) is 0 Å². The summed E-state index contributed by atoms with van der Waals surface area (Å²) in [6, 6.07) is 0.334. The van der Waals surface area contributed by atoms with Crippen molar-refractivity contribution in [2.45, 2.75) is 64.4 Å². The minimum atomic E-state index is -1.67. The van der Waals surface area contributed by atoms with Crippen molar-refractivity contribution in [1.29, 1.82) is 0 Å². The summed E-state index contributed by atoms with van der Waals surface area (Å²) in [6.07, 6.45) is 1.20. The van der Waals surface area contributed by atoms with Crippen molar-refractivity contribution in [3.63, 3.8) is 0 Å². The summed E-state index contributed by atoms with van der Waals surface area (Å²) >= 11 is 0. The molecule has 1 aromatic heterocycles. The zero-order valence-electron chi connectivity index (χ0n) is 19.7. The molecule has 0 aliphatic carbocycles. The second-order valence-electron chi connectivity index (χ2n) is 9.54. The van der Waals surface area contributed by atoms with Gasteiger partial charge < -0.3 is 20.4 Å². The number of halogens is 1. The first-order valence-electron chi connectivity index (χ1n) is 11.1. The van der Waals surface area contributed by atoms with E-state index in [4.69, 9.17) is 5.73 Å². The molecule has 0 aromatic carbocycles. The molecule has 11 heteroatoms. The Morgan fingerprint density at radius 1 is 1.34 bits per heavy atom. The van der Waals surface area contributed by atoms with Crippen LogP contribution in [0.5, 0.6) is 0 Å².